The summed E-state index contributed by atoms with van der Waals surface area (Å²) in [5, 5.41) is 6.12. The normalized spacial score (nSPS) is 14.5. The maximum atomic E-state index is 9.56. The lowest BCUT2D eigenvalue weighted by Gasteiger charge is -2.15. The molecule has 0 N–H and O–H groups in total. The van der Waals surface area contributed by atoms with E-state index in [1.165, 1.54) is 49.1 Å². The molecule has 0 spiro atoms. The highest BCUT2D eigenvalue weighted by molar-refractivity contribution is 6.10. The number of nitrogens with zero attached hydrogens (tertiary/aromatic N) is 6. The Morgan fingerprint density at radius 1 is 0.421 bits per heavy atom. The van der Waals surface area contributed by atoms with E-state index in [0.29, 0.717) is 39.3 Å². The van der Waals surface area contributed by atoms with Crippen molar-refractivity contribution in [3.8, 4) is 44.8 Å². The van der Waals surface area contributed by atoms with Crippen molar-refractivity contribution in [3.63, 3.8) is 0 Å². The second-order valence-electron chi connectivity index (χ2n) is 13.6. The van der Waals surface area contributed by atoms with Crippen molar-refractivity contribution in [2.24, 2.45) is 0 Å². The van der Waals surface area contributed by atoms with Crippen molar-refractivity contribution in [1.82, 2.24) is 29.5 Å². The van der Waals surface area contributed by atoms with E-state index in [9.17, 15) is 11.0 Å². The maximum Gasteiger partial charge on any atom is 0.165 e. The van der Waals surface area contributed by atoms with E-state index in [2.05, 4.69) is 20.1 Å². The molecule has 5 aromatic carbocycles. The fourth-order valence-corrected chi connectivity index (χ4v) is 7.15. The minimum Gasteiger partial charge on any atom is -0.256 e. The van der Waals surface area contributed by atoms with Crippen LogP contribution in [0.15, 0.2) is 183 Å². The summed E-state index contributed by atoms with van der Waals surface area (Å²) in [7, 11) is 0. The molecule has 6 nitrogen and oxygen atoms in total. The number of hydrogen-bond donors (Lipinski definition) is 0. The molecule has 272 valence electrons. The fraction of sp³-hybridized carbons (Fsp3) is 0.0784. The Balaban J connectivity index is 1.13. The number of para-hydroxylation sites is 1. The van der Waals surface area contributed by atoms with E-state index >= 15 is 0 Å². The zero-order valence-electron chi connectivity index (χ0n) is 38.5. The third kappa shape index (κ3) is 6.94. The van der Waals surface area contributed by atoms with Crippen LogP contribution in [0.4, 0.5) is 0 Å². The van der Waals surface area contributed by atoms with E-state index in [1.54, 1.807) is 22.8 Å². The van der Waals surface area contributed by atoms with Crippen molar-refractivity contribution in [2.75, 3.05) is 0 Å². The summed E-state index contributed by atoms with van der Waals surface area (Å²) >= 11 is 0. The molecule has 0 fully saturated rings. The van der Waals surface area contributed by atoms with Gasteiger partial charge in [0.25, 0.3) is 0 Å². The quantitative estimate of drug-likeness (QED) is 0.131. The molecule has 0 bridgehead atoms. The lowest BCUT2D eigenvalue weighted by molar-refractivity contribution is 0.923. The van der Waals surface area contributed by atoms with Gasteiger partial charge in [0.1, 0.15) is 6.33 Å². The van der Waals surface area contributed by atoms with Gasteiger partial charge in [-0.15, -0.1) is 0 Å². The van der Waals surface area contributed by atoms with Gasteiger partial charge in [-0.3, -0.25) is 15.0 Å². The zero-order valence-corrected chi connectivity index (χ0v) is 30.5. The smallest absolute Gasteiger partial charge is 0.165 e. The Bertz CT molecular complexity index is 3250. The largest absolute Gasteiger partial charge is 0.256 e. The molecule has 0 aliphatic heterocycles. The summed E-state index contributed by atoms with van der Waals surface area (Å²) in [6.45, 7) is 0. The first-order chi connectivity index (χ1) is 31.3. The number of aromatic nitrogens is 6. The van der Waals surface area contributed by atoms with Crippen LogP contribution in [-0.4, -0.2) is 29.5 Å². The van der Waals surface area contributed by atoms with Crippen molar-refractivity contribution in [2.45, 2.75) is 25.5 Å². The Labute approximate surface area is 342 Å². The van der Waals surface area contributed by atoms with Crippen molar-refractivity contribution < 1.29 is 11.0 Å². The van der Waals surface area contributed by atoms with Crippen LogP contribution < -0.4 is 0 Å². The molecule has 0 radical (unpaired) electrons. The molecule has 0 atom stereocenters. The van der Waals surface area contributed by atoms with E-state index in [4.69, 9.17) is 4.98 Å². The lowest BCUT2D eigenvalue weighted by atomic mass is 9.90. The molecule has 0 saturated carbocycles. The summed E-state index contributed by atoms with van der Waals surface area (Å²) in [6, 6.07) is 46.5. The van der Waals surface area contributed by atoms with E-state index in [-0.39, 0.29) is 22.3 Å². The van der Waals surface area contributed by atoms with Crippen LogP contribution in [0, 0.1) is 0 Å². The van der Waals surface area contributed by atoms with Gasteiger partial charge in [0, 0.05) is 57.0 Å². The molecule has 57 heavy (non-hydrogen) atoms. The molecule has 5 aromatic heterocycles. The average Bonchev–Trinajstić information content (AvgIpc) is 3.85. The van der Waals surface area contributed by atoms with Crippen LogP contribution in [0.25, 0.3) is 72.2 Å². The molecule has 10 aromatic rings. The number of hydrogen-bond acceptors (Lipinski definition) is 5. The maximum absolute atomic E-state index is 9.56. The number of rotatable bonds is 10. The first-order valence-corrected chi connectivity index (χ1v) is 18.6. The number of fused-ring (bicyclic) bond motifs is 6. The summed E-state index contributed by atoms with van der Waals surface area (Å²) in [5.74, 6) is 0. The molecule has 0 aliphatic rings. The van der Waals surface area contributed by atoms with Crippen molar-refractivity contribution in [3.05, 3.63) is 205 Å². The Hall–Kier alpha value is -7.31. The van der Waals surface area contributed by atoms with Gasteiger partial charge < -0.3 is 0 Å². The molecule has 0 aliphatic carbocycles. The standard InChI is InChI=1S/C51H38N6/c1-3-11-39(12-4-1)47-25-23-35(31-52-47)19-21-37-27-38(22-20-36-24-26-48(53-32-36)40-13-5-2-6-14-40)29-41(28-37)43-15-7-8-16-44(43)42-30-46-50(54-33-42)45-17-9-10-18-49(45)57-51(46)55-34-56-57/h1-18,23-34H,19-22H2/i19D2,20D2,21D2,22D2. The minimum absolute atomic E-state index is 0.0213. The monoisotopic (exact) mass is 742 g/mol. The van der Waals surface area contributed by atoms with Crippen LogP contribution in [0.2, 0.25) is 0 Å². The second kappa shape index (κ2) is 15.1. The number of aryl methyl sites for hydroxylation is 4. The summed E-state index contributed by atoms with van der Waals surface area (Å²) < 4.78 is 77.4. The van der Waals surface area contributed by atoms with Crippen LogP contribution >= 0.6 is 0 Å². The molecule has 0 unspecified atom stereocenters. The predicted octanol–water partition coefficient (Wildman–Crippen LogP) is 11.5. The molecular formula is C51H38N6. The van der Waals surface area contributed by atoms with Gasteiger partial charge in [0.05, 0.1) is 22.4 Å². The molecule has 10 rings (SSSR count). The van der Waals surface area contributed by atoms with Crippen LogP contribution in [0.5, 0.6) is 0 Å². The zero-order chi connectivity index (χ0) is 45.1. The highest BCUT2D eigenvalue weighted by Gasteiger charge is 2.16. The van der Waals surface area contributed by atoms with Gasteiger partial charge in [-0.1, -0.05) is 133 Å². The van der Waals surface area contributed by atoms with E-state index in [0.717, 1.165) is 32.9 Å². The predicted molar refractivity (Wildman–Crippen MR) is 231 cm³/mol. The highest BCUT2D eigenvalue weighted by atomic mass is 15.3. The molecule has 5 heterocycles. The molecular weight excluding hydrogens is 697 g/mol. The van der Waals surface area contributed by atoms with Gasteiger partial charge in [-0.05, 0) is 88.7 Å². The lowest BCUT2D eigenvalue weighted by Crippen LogP contribution is -1.99. The Kier molecular flexibility index (Phi) is 7.01. The third-order valence-electron chi connectivity index (χ3n) is 9.91. The van der Waals surface area contributed by atoms with Gasteiger partial charge >= 0.3 is 0 Å². The summed E-state index contributed by atoms with van der Waals surface area (Å²) in [6.07, 6.45) is -5.08. The summed E-state index contributed by atoms with van der Waals surface area (Å²) in [5.41, 5.74) is 6.85. The van der Waals surface area contributed by atoms with E-state index < -0.39 is 25.5 Å². The van der Waals surface area contributed by atoms with Gasteiger partial charge in [0.15, 0.2) is 5.65 Å². The topological polar surface area (TPSA) is 68.9 Å². The number of benzene rings is 5. The van der Waals surface area contributed by atoms with Gasteiger partial charge in [0.2, 0.25) is 0 Å². The molecule has 6 heteroatoms. The minimum atomic E-state index is -2.80. The average molecular weight is 743 g/mol. The Morgan fingerprint density at radius 3 is 1.60 bits per heavy atom. The number of pyridine rings is 4. The van der Waals surface area contributed by atoms with Crippen LogP contribution in [-0.2, 0) is 25.5 Å². The van der Waals surface area contributed by atoms with Crippen molar-refractivity contribution >= 4 is 27.5 Å². The SMILES string of the molecule is [2H]C([2H])(c1ccc(-c2ccccc2)nc1)C([2H])([2H])c1cc(-c2ccccc2-c2cnc3c4ccccc4n4ncnc4c3c2)cc(C([2H])([2H])C([2H])([2H])c2ccc(-c3ccccc3)nc2)c1. The first-order valence-electron chi connectivity index (χ1n) is 22.6. The van der Waals surface area contributed by atoms with Gasteiger partial charge in [-0.25, -0.2) is 9.50 Å². The third-order valence-corrected chi connectivity index (χ3v) is 9.91. The van der Waals surface area contributed by atoms with Gasteiger partial charge in [-0.2, -0.15) is 5.10 Å². The second-order valence-corrected chi connectivity index (χ2v) is 13.6. The molecule has 0 saturated heterocycles. The van der Waals surface area contributed by atoms with Crippen LogP contribution in [0.1, 0.15) is 33.2 Å². The molecule has 0 amide bonds. The highest BCUT2D eigenvalue weighted by Crippen LogP contribution is 2.36. The Morgan fingerprint density at radius 2 is 0.982 bits per heavy atom. The summed E-state index contributed by atoms with van der Waals surface area (Å²) in [4.78, 5) is 18.5. The van der Waals surface area contributed by atoms with Crippen LogP contribution in [0.3, 0.4) is 0 Å². The first kappa shape index (κ1) is 26.5. The van der Waals surface area contributed by atoms with Crippen molar-refractivity contribution in [1.29, 1.82) is 0 Å². The fourth-order valence-electron chi connectivity index (χ4n) is 7.15. The van der Waals surface area contributed by atoms with E-state index in [1.807, 2.05) is 115 Å².